The Kier molecular flexibility index (Phi) is 2.68. The molecule has 0 fully saturated rings. The first-order valence-electron chi connectivity index (χ1n) is 3.72. The third-order valence-corrected chi connectivity index (χ3v) is 2.92. The Morgan fingerprint density at radius 3 is 3.00 bits per heavy atom. The summed E-state index contributed by atoms with van der Waals surface area (Å²) < 4.78 is 4.99. The molecule has 0 aliphatic rings. The van der Waals surface area contributed by atoms with Crippen molar-refractivity contribution in [2.75, 3.05) is 7.11 Å². The van der Waals surface area contributed by atoms with Crippen molar-refractivity contribution >= 4 is 22.7 Å². The first-order valence-corrected chi connectivity index (χ1v) is 5.54. The summed E-state index contributed by atoms with van der Waals surface area (Å²) in [6, 6.07) is 0. The highest BCUT2D eigenvalue weighted by atomic mass is 32.1. The number of hydrogen-bond donors (Lipinski definition) is 0. The van der Waals surface area contributed by atoms with Crippen LogP contribution in [0.25, 0.3) is 11.4 Å². The summed E-state index contributed by atoms with van der Waals surface area (Å²) in [5.74, 6) is 0. The van der Waals surface area contributed by atoms with Crippen LogP contribution in [0.4, 0.5) is 0 Å². The summed E-state index contributed by atoms with van der Waals surface area (Å²) in [5.41, 5.74) is 3.70. The topological polar surface area (TPSA) is 35.0 Å². The van der Waals surface area contributed by atoms with Gasteiger partial charge in [0.25, 0.3) is 0 Å². The maximum atomic E-state index is 4.99. The second-order valence-electron chi connectivity index (χ2n) is 2.43. The smallest absolute Gasteiger partial charge is 0.119 e. The summed E-state index contributed by atoms with van der Waals surface area (Å²) >= 11 is 3.18. The van der Waals surface area contributed by atoms with Gasteiger partial charge in [0, 0.05) is 17.9 Å². The average molecular weight is 212 g/mol. The van der Waals surface area contributed by atoms with Crippen LogP contribution in [-0.2, 0) is 11.3 Å². The van der Waals surface area contributed by atoms with Gasteiger partial charge in [-0.3, -0.25) is 0 Å². The Balaban J connectivity index is 2.23. The van der Waals surface area contributed by atoms with Crippen LogP contribution in [0.1, 0.15) is 5.01 Å². The monoisotopic (exact) mass is 212 g/mol. The molecule has 5 heteroatoms. The number of aromatic nitrogens is 2. The largest absolute Gasteiger partial charge is 0.378 e. The lowest BCUT2D eigenvalue weighted by atomic mass is 10.4. The fraction of sp³-hybridized carbons (Fsp3) is 0.250. The number of ether oxygens (including phenoxy) is 1. The number of nitrogens with zero attached hydrogens (tertiary/aromatic N) is 2. The van der Waals surface area contributed by atoms with E-state index >= 15 is 0 Å². The lowest BCUT2D eigenvalue weighted by molar-refractivity contribution is 0.184. The molecule has 13 heavy (non-hydrogen) atoms. The second kappa shape index (κ2) is 3.95. The quantitative estimate of drug-likeness (QED) is 0.783. The van der Waals surface area contributed by atoms with E-state index < -0.39 is 0 Å². The van der Waals surface area contributed by atoms with Crippen LogP contribution in [0.3, 0.4) is 0 Å². The van der Waals surface area contributed by atoms with Crippen LogP contribution in [0, 0.1) is 0 Å². The molecule has 0 aliphatic heterocycles. The van der Waals surface area contributed by atoms with Crippen molar-refractivity contribution in [1.82, 2.24) is 9.97 Å². The van der Waals surface area contributed by atoms with Gasteiger partial charge in [0.15, 0.2) is 0 Å². The third-order valence-electron chi connectivity index (χ3n) is 1.51. The van der Waals surface area contributed by atoms with Gasteiger partial charge in [-0.25, -0.2) is 9.97 Å². The van der Waals surface area contributed by atoms with Crippen LogP contribution in [0.2, 0.25) is 0 Å². The molecule has 2 heterocycles. The van der Waals surface area contributed by atoms with Crippen molar-refractivity contribution in [3.8, 4) is 11.4 Å². The minimum atomic E-state index is 0.578. The summed E-state index contributed by atoms with van der Waals surface area (Å²) in [7, 11) is 1.67. The number of rotatable bonds is 3. The van der Waals surface area contributed by atoms with E-state index in [4.69, 9.17) is 4.74 Å². The van der Waals surface area contributed by atoms with E-state index in [9.17, 15) is 0 Å². The van der Waals surface area contributed by atoms with Gasteiger partial charge in [-0.1, -0.05) is 0 Å². The maximum absolute atomic E-state index is 4.99. The fourth-order valence-electron chi connectivity index (χ4n) is 0.957. The van der Waals surface area contributed by atoms with E-state index in [2.05, 4.69) is 9.97 Å². The Labute approximate surface area is 84.1 Å². The molecule has 0 radical (unpaired) electrons. The van der Waals surface area contributed by atoms with Crippen molar-refractivity contribution in [2.24, 2.45) is 0 Å². The lowest BCUT2D eigenvalue weighted by Crippen LogP contribution is -1.85. The van der Waals surface area contributed by atoms with Crippen molar-refractivity contribution in [3.63, 3.8) is 0 Å². The molecule has 0 atom stereocenters. The zero-order valence-corrected chi connectivity index (χ0v) is 8.69. The minimum Gasteiger partial charge on any atom is -0.378 e. The van der Waals surface area contributed by atoms with Crippen LogP contribution in [0.15, 0.2) is 16.3 Å². The molecule has 0 amide bonds. The predicted molar refractivity (Wildman–Crippen MR) is 53.9 cm³/mol. The molecule has 2 aromatic rings. The summed E-state index contributed by atoms with van der Waals surface area (Å²) in [4.78, 5) is 8.56. The third kappa shape index (κ3) is 1.93. The van der Waals surface area contributed by atoms with E-state index in [1.807, 2.05) is 16.3 Å². The molecular formula is C8H8N2OS2. The highest BCUT2D eigenvalue weighted by molar-refractivity contribution is 7.10. The Morgan fingerprint density at radius 1 is 1.38 bits per heavy atom. The van der Waals surface area contributed by atoms with Gasteiger partial charge in [0.1, 0.15) is 16.4 Å². The van der Waals surface area contributed by atoms with E-state index in [-0.39, 0.29) is 0 Å². The molecule has 0 aromatic carbocycles. The summed E-state index contributed by atoms with van der Waals surface area (Å²) in [6.45, 7) is 0.578. The van der Waals surface area contributed by atoms with Gasteiger partial charge in [-0.15, -0.1) is 22.7 Å². The number of methoxy groups -OCH3 is 1. The Morgan fingerprint density at radius 2 is 2.31 bits per heavy atom. The lowest BCUT2D eigenvalue weighted by Gasteiger charge is -1.90. The van der Waals surface area contributed by atoms with E-state index in [0.29, 0.717) is 6.61 Å². The summed E-state index contributed by atoms with van der Waals surface area (Å²) in [6.07, 6.45) is 0. The molecule has 0 N–H and O–H groups in total. The predicted octanol–water partition coefficient (Wildman–Crippen LogP) is 2.41. The number of thiazole rings is 2. The van der Waals surface area contributed by atoms with Crippen LogP contribution >= 0.6 is 22.7 Å². The maximum Gasteiger partial charge on any atom is 0.119 e. The zero-order valence-electron chi connectivity index (χ0n) is 7.06. The molecule has 68 valence electrons. The normalized spacial score (nSPS) is 10.5. The van der Waals surface area contributed by atoms with Crippen molar-refractivity contribution in [1.29, 1.82) is 0 Å². The first-order chi connectivity index (χ1) is 6.40. The molecule has 2 aromatic heterocycles. The van der Waals surface area contributed by atoms with E-state index in [1.54, 1.807) is 29.8 Å². The first kappa shape index (κ1) is 8.80. The number of hydrogen-bond acceptors (Lipinski definition) is 5. The van der Waals surface area contributed by atoms with Gasteiger partial charge in [-0.2, -0.15) is 0 Å². The molecule has 0 saturated heterocycles. The molecule has 0 bridgehead atoms. The van der Waals surface area contributed by atoms with Gasteiger partial charge < -0.3 is 4.74 Å². The van der Waals surface area contributed by atoms with Gasteiger partial charge >= 0.3 is 0 Å². The van der Waals surface area contributed by atoms with Crippen LogP contribution in [-0.4, -0.2) is 17.1 Å². The van der Waals surface area contributed by atoms with Crippen molar-refractivity contribution < 1.29 is 4.74 Å². The highest BCUT2D eigenvalue weighted by Crippen LogP contribution is 2.21. The SMILES string of the molecule is COCc1nc(-c2cscn2)cs1. The summed E-state index contributed by atoms with van der Waals surface area (Å²) in [5, 5.41) is 4.99. The highest BCUT2D eigenvalue weighted by Gasteiger charge is 2.04. The average Bonchev–Trinajstić information content (AvgIpc) is 2.70. The van der Waals surface area contributed by atoms with Crippen LogP contribution < -0.4 is 0 Å². The molecule has 0 spiro atoms. The molecule has 3 nitrogen and oxygen atoms in total. The van der Waals surface area contributed by atoms with E-state index in [1.165, 1.54) is 0 Å². The van der Waals surface area contributed by atoms with Crippen LogP contribution in [0.5, 0.6) is 0 Å². The zero-order chi connectivity index (χ0) is 9.10. The second-order valence-corrected chi connectivity index (χ2v) is 4.09. The van der Waals surface area contributed by atoms with E-state index in [0.717, 1.165) is 16.4 Å². The minimum absolute atomic E-state index is 0.578. The van der Waals surface area contributed by atoms with Crippen molar-refractivity contribution in [3.05, 3.63) is 21.3 Å². The van der Waals surface area contributed by atoms with Gasteiger partial charge in [-0.05, 0) is 0 Å². The molecule has 2 rings (SSSR count). The molecule has 0 unspecified atom stereocenters. The molecular weight excluding hydrogens is 204 g/mol. The van der Waals surface area contributed by atoms with Crippen molar-refractivity contribution in [2.45, 2.75) is 6.61 Å². The Bertz CT molecular complexity index is 369. The van der Waals surface area contributed by atoms with Gasteiger partial charge in [0.05, 0.1) is 12.1 Å². The standard InChI is InChI=1S/C8H8N2OS2/c1-11-2-8-10-7(4-13-8)6-3-12-5-9-6/h3-5H,2H2,1H3. The molecule has 0 aliphatic carbocycles. The van der Waals surface area contributed by atoms with Gasteiger partial charge in [0.2, 0.25) is 0 Å². The Hall–Kier alpha value is -0.780. The fourth-order valence-corrected chi connectivity index (χ4v) is 2.26. The molecule has 0 saturated carbocycles.